The molecule has 2 amide bonds. The summed E-state index contributed by atoms with van der Waals surface area (Å²) in [7, 11) is 1.74. The van der Waals surface area contributed by atoms with E-state index in [1.807, 2.05) is 18.2 Å². The maximum atomic E-state index is 13.9. The van der Waals surface area contributed by atoms with Crippen LogP contribution in [0.15, 0.2) is 65.5 Å². The second-order valence-corrected chi connectivity index (χ2v) is 9.78. The van der Waals surface area contributed by atoms with E-state index in [1.165, 1.54) is 4.68 Å². The highest BCUT2D eigenvalue weighted by Gasteiger charge is 2.70. The number of para-hydroxylation sites is 2. The van der Waals surface area contributed by atoms with Gasteiger partial charge in [-0.1, -0.05) is 50.2 Å². The summed E-state index contributed by atoms with van der Waals surface area (Å²) in [6.07, 6.45) is 0. The van der Waals surface area contributed by atoms with Gasteiger partial charge in [-0.15, -0.1) is 0 Å². The molecule has 2 aromatic carbocycles. The average Bonchev–Trinajstić information content (AvgIpc) is 3.42. The van der Waals surface area contributed by atoms with Crippen molar-refractivity contribution in [2.24, 2.45) is 24.8 Å². The quantitative estimate of drug-likeness (QED) is 0.534. The number of carbonyl (C=O) groups excluding carboxylic acids is 2. The van der Waals surface area contributed by atoms with Gasteiger partial charge in [-0.05, 0) is 37.1 Å². The minimum Gasteiger partial charge on any atom is -0.480 e. The lowest BCUT2D eigenvalue weighted by atomic mass is 9.73. The van der Waals surface area contributed by atoms with E-state index in [0.717, 1.165) is 4.90 Å². The van der Waals surface area contributed by atoms with Gasteiger partial charge in [0.15, 0.2) is 0 Å². The highest BCUT2D eigenvalue weighted by molar-refractivity contribution is 6.24. The van der Waals surface area contributed by atoms with Gasteiger partial charge in [0.2, 0.25) is 11.8 Å². The van der Waals surface area contributed by atoms with Crippen molar-refractivity contribution < 1.29 is 19.5 Å². The van der Waals surface area contributed by atoms with Crippen molar-refractivity contribution in [3.05, 3.63) is 82.3 Å². The Bertz CT molecular complexity index is 1430. The Hall–Kier alpha value is -3.98. The predicted octanol–water partition coefficient (Wildman–Crippen LogP) is 2.41. The third kappa shape index (κ3) is 3.05. The first-order chi connectivity index (χ1) is 17.1. The molecule has 2 N–H and O–H groups in total. The lowest BCUT2D eigenvalue weighted by Gasteiger charge is -2.34. The van der Waals surface area contributed by atoms with E-state index < -0.39 is 47.1 Å². The van der Waals surface area contributed by atoms with Crippen molar-refractivity contribution in [3.8, 4) is 5.69 Å². The second kappa shape index (κ2) is 8.30. The Labute approximate surface area is 207 Å². The fourth-order valence-electron chi connectivity index (χ4n) is 5.94. The molecule has 3 aromatic rings. The Morgan fingerprint density at radius 1 is 0.944 bits per heavy atom. The molecule has 0 radical (unpaired) electrons. The van der Waals surface area contributed by atoms with Crippen molar-refractivity contribution in [1.29, 1.82) is 0 Å². The molecule has 2 saturated heterocycles. The first-order valence-electron chi connectivity index (χ1n) is 11.9. The maximum Gasteiger partial charge on any atom is 0.325 e. The molecule has 2 aliphatic heterocycles. The van der Waals surface area contributed by atoms with E-state index in [-0.39, 0.29) is 11.1 Å². The number of hydrogen-bond acceptors (Lipinski definition) is 5. The van der Waals surface area contributed by atoms with Gasteiger partial charge in [-0.25, -0.2) is 9.58 Å². The summed E-state index contributed by atoms with van der Waals surface area (Å²) in [6.45, 7) is 5.19. The molecule has 9 heteroatoms. The summed E-state index contributed by atoms with van der Waals surface area (Å²) in [5, 5.41) is 13.6. The van der Waals surface area contributed by atoms with Crippen LogP contribution in [0.3, 0.4) is 0 Å². The molecule has 1 aromatic heterocycles. The number of nitrogens with one attached hydrogen (secondary N) is 1. The number of aromatic nitrogens is 2. The third-order valence-corrected chi connectivity index (χ3v) is 7.78. The van der Waals surface area contributed by atoms with Crippen LogP contribution >= 0.6 is 0 Å². The molecule has 5 rings (SSSR count). The summed E-state index contributed by atoms with van der Waals surface area (Å²) in [5.41, 5.74) is -0.185. The smallest absolute Gasteiger partial charge is 0.325 e. The highest BCUT2D eigenvalue weighted by atomic mass is 16.4. The third-order valence-electron chi connectivity index (χ3n) is 7.78. The van der Waals surface area contributed by atoms with Gasteiger partial charge >= 0.3 is 5.97 Å². The number of fused-ring (bicyclic) bond motifs is 1. The Balaban J connectivity index is 1.73. The normalized spacial score (nSPS) is 25.6. The monoisotopic (exact) mass is 488 g/mol. The number of amides is 2. The van der Waals surface area contributed by atoms with Crippen molar-refractivity contribution in [3.63, 3.8) is 0 Å². The first-order valence-corrected chi connectivity index (χ1v) is 11.9. The van der Waals surface area contributed by atoms with Gasteiger partial charge in [0.05, 0.1) is 34.8 Å². The minimum atomic E-state index is -1.72. The van der Waals surface area contributed by atoms with Crippen LogP contribution < -0.4 is 15.8 Å². The number of carbonyl (C=O) groups is 3. The van der Waals surface area contributed by atoms with Crippen LogP contribution in [0.4, 0.5) is 5.69 Å². The number of carboxylic acids is 1. The zero-order valence-electron chi connectivity index (χ0n) is 20.5. The van der Waals surface area contributed by atoms with Gasteiger partial charge in [-0.2, -0.15) is 0 Å². The van der Waals surface area contributed by atoms with Crippen molar-refractivity contribution in [1.82, 2.24) is 14.7 Å². The number of benzene rings is 2. The van der Waals surface area contributed by atoms with E-state index in [1.54, 1.807) is 75.0 Å². The van der Waals surface area contributed by atoms with E-state index in [9.17, 15) is 24.3 Å². The molecule has 0 bridgehead atoms. The SMILES string of the molecule is Cc1c(C2NC(C(=O)O)(C(C)C)C3C(=O)N(c4ccccc4)C(=O)C23)c(=O)n(-c2ccccc2)n1C. The lowest BCUT2D eigenvalue weighted by Crippen LogP contribution is -2.59. The van der Waals surface area contributed by atoms with E-state index in [0.29, 0.717) is 17.1 Å². The molecule has 2 aliphatic rings. The van der Waals surface area contributed by atoms with Crippen molar-refractivity contribution in [2.75, 3.05) is 4.90 Å². The molecule has 186 valence electrons. The summed E-state index contributed by atoms with van der Waals surface area (Å²) in [6, 6.07) is 16.6. The van der Waals surface area contributed by atoms with Crippen molar-refractivity contribution in [2.45, 2.75) is 32.4 Å². The molecule has 36 heavy (non-hydrogen) atoms. The topological polar surface area (TPSA) is 114 Å². The molecule has 4 atom stereocenters. The molecular weight excluding hydrogens is 460 g/mol. The molecule has 2 fully saturated rings. The average molecular weight is 489 g/mol. The summed E-state index contributed by atoms with van der Waals surface area (Å²) in [5.74, 6) is -5.06. The summed E-state index contributed by atoms with van der Waals surface area (Å²) >= 11 is 0. The highest BCUT2D eigenvalue weighted by Crippen LogP contribution is 2.52. The van der Waals surface area contributed by atoms with Gasteiger partial charge in [0, 0.05) is 12.7 Å². The number of nitrogens with zero attached hydrogens (tertiary/aromatic N) is 3. The fourth-order valence-corrected chi connectivity index (χ4v) is 5.94. The van der Waals surface area contributed by atoms with Gasteiger partial charge < -0.3 is 5.11 Å². The number of anilines is 1. The molecule has 0 aliphatic carbocycles. The van der Waals surface area contributed by atoms with Crippen LogP contribution in [0.1, 0.15) is 31.1 Å². The van der Waals surface area contributed by atoms with E-state index in [4.69, 9.17) is 0 Å². The van der Waals surface area contributed by atoms with Crippen LogP contribution in [0.25, 0.3) is 5.69 Å². The van der Waals surface area contributed by atoms with Crippen molar-refractivity contribution >= 4 is 23.5 Å². The Morgan fingerprint density at radius 2 is 1.50 bits per heavy atom. The lowest BCUT2D eigenvalue weighted by molar-refractivity contribution is -0.151. The van der Waals surface area contributed by atoms with Gasteiger partial charge in [0.1, 0.15) is 5.54 Å². The van der Waals surface area contributed by atoms with Crippen LogP contribution in [0.2, 0.25) is 0 Å². The van der Waals surface area contributed by atoms with E-state index in [2.05, 4.69) is 5.32 Å². The minimum absolute atomic E-state index is 0.288. The molecule has 3 heterocycles. The Morgan fingerprint density at radius 3 is 2.03 bits per heavy atom. The molecule has 0 saturated carbocycles. The zero-order valence-corrected chi connectivity index (χ0v) is 20.5. The Kier molecular flexibility index (Phi) is 5.48. The first kappa shape index (κ1) is 23.7. The maximum absolute atomic E-state index is 13.9. The van der Waals surface area contributed by atoms with Crippen LogP contribution in [-0.4, -0.2) is 37.8 Å². The molecule has 4 unspecified atom stereocenters. The molecule has 0 spiro atoms. The van der Waals surface area contributed by atoms with Crippen LogP contribution in [0.5, 0.6) is 0 Å². The standard InChI is InChI=1S/C27H28N4O5/c1-15(2)27(26(35)36)21-20(23(32)30(25(21)34)17-11-7-5-8-12-17)22(28-27)19-16(3)29(4)31(24(19)33)18-13-9-6-10-14-18/h5-15,20-22,28H,1-4H3,(H,35,36). The number of imide groups is 1. The zero-order chi connectivity index (χ0) is 25.9. The number of rotatable bonds is 5. The number of carboxylic acid groups (broad SMARTS) is 1. The largest absolute Gasteiger partial charge is 0.480 e. The van der Waals surface area contributed by atoms with Crippen LogP contribution in [0, 0.1) is 24.7 Å². The fraction of sp³-hybridized carbons (Fsp3) is 0.333. The second-order valence-electron chi connectivity index (χ2n) is 9.78. The number of hydrogen-bond donors (Lipinski definition) is 2. The van der Waals surface area contributed by atoms with Gasteiger partial charge in [-0.3, -0.25) is 29.2 Å². The molecule has 9 nitrogen and oxygen atoms in total. The van der Waals surface area contributed by atoms with E-state index >= 15 is 0 Å². The number of aliphatic carboxylic acids is 1. The predicted molar refractivity (Wildman–Crippen MR) is 133 cm³/mol. The molecular formula is C27H28N4O5. The summed E-state index contributed by atoms with van der Waals surface area (Å²) in [4.78, 5) is 55.3. The summed E-state index contributed by atoms with van der Waals surface area (Å²) < 4.78 is 3.18. The van der Waals surface area contributed by atoms with Gasteiger partial charge in [0.25, 0.3) is 5.56 Å². The van der Waals surface area contributed by atoms with Crippen LogP contribution in [-0.2, 0) is 21.4 Å².